The first-order valence-corrected chi connectivity index (χ1v) is 8.45. The number of nitrogens with one attached hydrogen (secondary N) is 1. The fourth-order valence-electron chi connectivity index (χ4n) is 4.02. The molecule has 1 spiro atoms. The van der Waals surface area contributed by atoms with Crippen molar-refractivity contribution < 1.29 is 4.74 Å². The SMILES string of the molecule is C1=C(c2cc3ccccc3s2)CC2NC3CCC132.COC. The average molecular weight is 299 g/mol. The summed E-state index contributed by atoms with van der Waals surface area (Å²) in [5.41, 5.74) is 2.15. The zero-order valence-electron chi connectivity index (χ0n) is 12.6. The first kappa shape index (κ1) is 13.5. The van der Waals surface area contributed by atoms with Gasteiger partial charge in [0.05, 0.1) is 0 Å². The van der Waals surface area contributed by atoms with Crippen molar-refractivity contribution in [2.45, 2.75) is 31.3 Å². The van der Waals surface area contributed by atoms with Crippen molar-refractivity contribution >= 4 is 27.0 Å². The molecule has 1 aliphatic heterocycles. The van der Waals surface area contributed by atoms with Crippen LogP contribution < -0.4 is 5.32 Å². The Morgan fingerprint density at radius 1 is 1.24 bits per heavy atom. The Morgan fingerprint density at radius 2 is 2.05 bits per heavy atom. The van der Waals surface area contributed by atoms with Gasteiger partial charge in [-0.05, 0) is 42.4 Å². The minimum Gasteiger partial charge on any atom is -0.388 e. The summed E-state index contributed by atoms with van der Waals surface area (Å²) < 4.78 is 5.67. The Balaban J connectivity index is 0.000000357. The summed E-state index contributed by atoms with van der Waals surface area (Å²) in [6, 6.07) is 12.6. The van der Waals surface area contributed by atoms with Crippen LogP contribution in [0.4, 0.5) is 0 Å². The van der Waals surface area contributed by atoms with Crippen molar-refractivity contribution in [3.8, 4) is 0 Å². The van der Waals surface area contributed by atoms with E-state index in [1.807, 2.05) is 11.3 Å². The van der Waals surface area contributed by atoms with E-state index in [9.17, 15) is 0 Å². The zero-order valence-corrected chi connectivity index (χ0v) is 13.4. The van der Waals surface area contributed by atoms with Crippen LogP contribution in [-0.2, 0) is 4.74 Å². The molecule has 21 heavy (non-hydrogen) atoms. The number of benzene rings is 1. The van der Waals surface area contributed by atoms with Crippen molar-refractivity contribution in [2.75, 3.05) is 14.2 Å². The van der Waals surface area contributed by atoms with Crippen LogP contribution >= 0.6 is 11.3 Å². The first-order chi connectivity index (χ1) is 10.3. The fraction of sp³-hybridized carbons (Fsp3) is 0.444. The van der Waals surface area contributed by atoms with E-state index >= 15 is 0 Å². The van der Waals surface area contributed by atoms with Crippen molar-refractivity contribution in [1.82, 2.24) is 5.32 Å². The Hall–Kier alpha value is -1.16. The van der Waals surface area contributed by atoms with Gasteiger partial charge in [0.1, 0.15) is 0 Å². The van der Waals surface area contributed by atoms with Crippen LogP contribution in [0.5, 0.6) is 0 Å². The van der Waals surface area contributed by atoms with Crippen LogP contribution in [0.3, 0.4) is 0 Å². The molecule has 110 valence electrons. The predicted molar refractivity (Wildman–Crippen MR) is 89.7 cm³/mol. The fourth-order valence-corrected chi connectivity index (χ4v) is 5.10. The molecule has 3 aliphatic rings. The molecule has 1 N–H and O–H groups in total. The van der Waals surface area contributed by atoms with Gasteiger partial charge in [-0.25, -0.2) is 0 Å². The highest BCUT2D eigenvalue weighted by Crippen LogP contribution is 2.60. The van der Waals surface area contributed by atoms with E-state index in [0.29, 0.717) is 5.41 Å². The van der Waals surface area contributed by atoms with Gasteiger partial charge in [0, 0.05) is 41.3 Å². The van der Waals surface area contributed by atoms with Crippen LogP contribution in [0, 0.1) is 5.41 Å². The first-order valence-electron chi connectivity index (χ1n) is 7.64. The molecule has 0 bridgehead atoms. The van der Waals surface area contributed by atoms with Crippen molar-refractivity contribution in [3.63, 3.8) is 0 Å². The summed E-state index contributed by atoms with van der Waals surface area (Å²) in [7, 11) is 3.25. The van der Waals surface area contributed by atoms with Gasteiger partial charge in [-0.2, -0.15) is 0 Å². The molecule has 2 nitrogen and oxygen atoms in total. The maximum atomic E-state index is 4.25. The normalized spacial score (nSPS) is 32.2. The number of fused-ring (bicyclic) bond motifs is 1. The highest BCUT2D eigenvalue weighted by Gasteiger charge is 2.61. The van der Waals surface area contributed by atoms with Crippen molar-refractivity contribution in [2.24, 2.45) is 5.41 Å². The minimum atomic E-state index is 0.561. The molecule has 1 aromatic heterocycles. The lowest BCUT2D eigenvalue weighted by atomic mass is 9.55. The van der Waals surface area contributed by atoms with E-state index in [1.54, 1.807) is 19.8 Å². The Bertz CT molecular complexity index is 671. The highest BCUT2D eigenvalue weighted by molar-refractivity contribution is 7.20. The Labute approximate surface area is 129 Å². The summed E-state index contributed by atoms with van der Waals surface area (Å²) in [5.74, 6) is 0. The molecule has 1 aromatic carbocycles. The lowest BCUT2D eigenvalue weighted by molar-refractivity contribution is -0.0228. The van der Waals surface area contributed by atoms with Gasteiger partial charge in [-0.3, -0.25) is 0 Å². The number of thiophene rings is 1. The Morgan fingerprint density at radius 3 is 2.67 bits per heavy atom. The molecule has 2 aliphatic carbocycles. The standard InChI is InChI=1S/C16H15NS.C2H6O/c1-2-4-12-10(3-1)7-13(18-12)11-8-15-16(9-11)6-5-14(16)17-15;1-3-2/h1-4,7,9,14-15,17H,5-6,8H2;1-2H3. The average Bonchev–Trinajstić information content (AvgIpc) is 3.05. The lowest BCUT2D eigenvalue weighted by Crippen LogP contribution is -2.73. The largest absolute Gasteiger partial charge is 0.388 e. The van der Waals surface area contributed by atoms with Crippen molar-refractivity contribution in [3.05, 3.63) is 41.3 Å². The molecule has 2 fully saturated rings. The highest BCUT2D eigenvalue weighted by atomic mass is 32.1. The molecule has 3 atom stereocenters. The van der Waals surface area contributed by atoms with Gasteiger partial charge in [0.2, 0.25) is 0 Å². The van der Waals surface area contributed by atoms with Gasteiger partial charge < -0.3 is 10.1 Å². The van der Waals surface area contributed by atoms with Crippen LogP contribution in [0.2, 0.25) is 0 Å². The predicted octanol–water partition coefficient (Wildman–Crippen LogP) is 4.07. The molecule has 3 unspecified atom stereocenters. The second-order valence-electron chi connectivity index (χ2n) is 6.35. The van der Waals surface area contributed by atoms with E-state index in [2.05, 4.69) is 46.5 Å². The van der Waals surface area contributed by atoms with E-state index < -0.39 is 0 Å². The van der Waals surface area contributed by atoms with Gasteiger partial charge >= 0.3 is 0 Å². The smallest absolute Gasteiger partial charge is 0.0351 e. The summed E-state index contributed by atoms with van der Waals surface area (Å²) in [6.45, 7) is 0. The summed E-state index contributed by atoms with van der Waals surface area (Å²) in [4.78, 5) is 1.49. The van der Waals surface area contributed by atoms with E-state index in [0.717, 1.165) is 12.1 Å². The number of hydrogen-bond acceptors (Lipinski definition) is 3. The minimum absolute atomic E-state index is 0.561. The molecule has 2 aromatic rings. The molecule has 0 amide bonds. The van der Waals surface area contributed by atoms with Crippen LogP contribution in [0.25, 0.3) is 15.7 Å². The Kier molecular flexibility index (Phi) is 3.18. The molecule has 2 heterocycles. The second-order valence-corrected chi connectivity index (χ2v) is 7.44. The van der Waals surface area contributed by atoms with Crippen LogP contribution in [-0.4, -0.2) is 26.3 Å². The third-order valence-electron chi connectivity index (χ3n) is 5.17. The van der Waals surface area contributed by atoms with Gasteiger partial charge in [0.25, 0.3) is 0 Å². The third-order valence-corrected chi connectivity index (χ3v) is 6.37. The van der Waals surface area contributed by atoms with Gasteiger partial charge in [-0.15, -0.1) is 11.3 Å². The van der Waals surface area contributed by atoms with E-state index in [1.165, 1.54) is 34.2 Å². The van der Waals surface area contributed by atoms with Gasteiger partial charge in [0.15, 0.2) is 0 Å². The summed E-state index contributed by atoms with van der Waals surface area (Å²) in [6.07, 6.45) is 6.63. The maximum absolute atomic E-state index is 4.25. The van der Waals surface area contributed by atoms with E-state index in [-0.39, 0.29) is 0 Å². The number of methoxy groups -OCH3 is 1. The number of rotatable bonds is 1. The second kappa shape index (κ2) is 4.94. The summed E-state index contributed by atoms with van der Waals surface area (Å²) in [5, 5.41) is 5.11. The number of hydrogen-bond donors (Lipinski definition) is 1. The topological polar surface area (TPSA) is 21.3 Å². The summed E-state index contributed by atoms with van der Waals surface area (Å²) >= 11 is 1.95. The molecule has 0 radical (unpaired) electrons. The van der Waals surface area contributed by atoms with Crippen LogP contribution in [0.1, 0.15) is 24.1 Å². The molecule has 1 saturated carbocycles. The maximum Gasteiger partial charge on any atom is 0.0351 e. The van der Waals surface area contributed by atoms with E-state index in [4.69, 9.17) is 0 Å². The molecular formula is C18H21NOS. The molecule has 3 heteroatoms. The molecule has 5 rings (SSSR count). The van der Waals surface area contributed by atoms with Crippen LogP contribution in [0.15, 0.2) is 36.4 Å². The lowest BCUT2D eigenvalue weighted by Gasteiger charge is -2.61. The monoisotopic (exact) mass is 299 g/mol. The van der Waals surface area contributed by atoms with Gasteiger partial charge in [-0.1, -0.05) is 24.3 Å². The molecule has 1 saturated heterocycles. The number of piperidine rings is 1. The van der Waals surface area contributed by atoms with Crippen molar-refractivity contribution in [1.29, 1.82) is 0 Å². The zero-order chi connectivity index (χ0) is 14.4. The third kappa shape index (κ3) is 1.91. The quantitative estimate of drug-likeness (QED) is 0.857. The number of ether oxygens (including phenoxy) is 1. The molecular weight excluding hydrogens is 278 g/mol.